The number of cyclic esters (lactones) is 1. The van der Waals surface area contributed by atoms with E-state index in [0.717, 1.165) is 31.6 Å². The third kappa shape index (κ3) is 7.15. The smallest absolute Gasteiger partial charge is 0.410 e. The normalized spacial score (nSPS) is 20.5. The Bertz CT molecular complexity index is 897. The number of halogens is 1. The van der Waals surface area contributed by atoms with E-state index in [4.69, 9.17) is 15.6 Å². The number of carbonyl (C=O) groups is 2. The number of hydrogen-bond donors (Lipinski definition) is 2. The van der Waals surface area contributed by atoms with E-state index in [9.17, 15) is 14.0 Å². The first-order chi connectivity index (χ1) is 16.0. The van der Waals surface area contributed by atoms with Gasteiger partial charge in [-0.3, -0.25) is 4.79 Å². The molecule has 178 valence electrons. The molecule has 0 saturated carbocycles. The van der Waals surface area contributed by atoms with Crippen molar-refractivity contribution in [3.05, 3.63) is 60.0 Å². The number of aliphatic hydroxyl groups excluding tert-OH is 1. The number of anilines is 1. The minimum atomic E-state index is -0.493. The van der Waals surface area contributed by atoms with Crippen molar-refractivity contribution in [1.82, 2.24) is 9.88 Å². The summed E-state index contributed by atoms with van der Waals surface area (Å²) in [4.78, 5) is 31.8. The standard InChI is InChI=1S/C18H26N4O4.C6H5F/c19-17(24)13-5-6-16(20-11-13)21-8-1-3-14(12-21)22-9-7-15(4-2-10-23)26-18(22)25;7-6-4-2-1-3-5-6/h5-6,11,14-15,23H,1-4,7-10,12H2,(H2,19,24);1-5H. The average molecular weight is 459 g/mol. The van der Waals surface area contributed by atoms with Crippen LogP contribution in [-0.4, -0.2) is 65.4 Å². The molecule has 4 rings (SSSR count). The molecule has 2 unspecified atom stereocenters. The van der Waals surface area contributed by atoms with Crippen LogP contribution in [0.5, 0.6) is 0 Å². The summed E-state index contributed by atoms with van der Waals surface area (Å²) in [7, 11) is 0. The van der Waals surface area contributed by atoms with Crippen LogP contribution in [0.4, 0.5) is 15.0 Å². The highest BCUT2D eigenvalue weighted by atomic mass is 19.1. The van der Waals surface area contributed by atoms with Crippen molar-refractivity contribution in [2.24, 2.45) is 5.73 Å². The fourth-order valence-corrected chi connectivity index (χ4v) is 4.05. The lowest BCUT2D eigenvalue weighted by molar-refractivity contribution is 0.00385. The molecule has 2 fully saturated rings. The third-order valence-electron chi connectivity index (χ3n) is 5.80. The number of pyridine rings is 1. The first-order valence-electron chi connectivity index (χ1n) is 11.3. The highest BCUT2D eigenvalue weighted by molar-refractivity contribution is 5.92. The van der Waals surface area contributed by atoms with Crippen molar-refractivity contribution in [2.45, 2.75) is 44.2 Å². The first-order valence-corrected chi connectivity index (χ1v) is 11.3. The van der Waals surface area contributed by atoms with E-state index in [2.05, 4.69) is 9.88 Å². The van der Waals surface area contributed by atoms with E-state index in [1.807, 2.05) is 4.90 Å². The highest BCUT2D eigenvalue weighted by Crippen LogP contribution is 2.25. The molecule has 0 aliphatic carbocycles. The van der Waals surface area contributed by atoms with Crippen molar-refractivity contribution in [3.8, 4) is 0 Å². The van der Waals surface area contributed by atoms with E-state index >= 15 is 0 Å². The fourth-order valence-electron chi connectivity index (χ4n) is 4.05. The first kappa shape index (κ1) is 24.4. The molecule has 2 atom stereocenters. The number of primary amides is 1. The summed E-state index contributed by atoms with van der Waals surface area (Å²) in [5.41, 5.74) is 5.64. The molecule has 3 heterocycles. The summed E-state index contributed by atoms with van der Waals surface area (Å²) < 4.78 is 17.4. The zero-order valence-electron chi connectivity index (χ0n) is 18.6. The van der Waals surface area contributed by atoms with Crippen LogP contribution < -0.4 is 10.6 Å². The molecule has 2 saturated heterocycles. The monoisotopic (exact) mass is 458 g/mol. The number of nitrogens with zero attached hydrogens (tertiary/aromatic N) is 3. The summed E-state index contributed by atoms with van der Waals surface area (Å²) in [6.07, 6.45) is 5.20. The van der Waals surface area contributed by atoms with E-state index in [-0.39, 0.29) is 30.7 Å². The highest BCUT2D eigenvalue weighted by Gasteiger charge is 2.34. The zero-order valence-corrected chi connectivity index (χ0v) is 18.6. The number of hydrogen-bond acceptors (Lipinski definition) is 6. The average Bonchev–Trinajstić information content (AvgIpc) is 2.84. The Kier molecular flexibility index (Phi) is 9.00. The van der Waals surface area contributed by atoms with Crippen LogP contribution in [0, 0.1) is 5.82 Å². The molecule has 2 amide bonds. The third-order valence-corrected chi connectivity index (χ3v) is 5.80. The van der Waals surface area contributed by atoms with Gasteiger partial charge < -0.3 is 25.4 Å². The zero-order chi connectivity index (χ0) is 23.6. The Hall–Kier alpha value is -3.20. The van der Waals surface area contributed by atoms with Crippen molar-refractivity contribution in [2.75, 3.05) is 31.1 Å². The van der Waals surface area contributed by atoms with Gasteiger partial charge in [0.1, 0.15) is 17.7 Å². The number of benzene rings is 1. The second-order valence-corrected chi connectivity index (χ2v) is 8.16. The molecule has 2 aromatic rings. The van der Waals surface area contributed by atoms with Gasteiger partial charge in [-0.15, -0.1) is 0 Å². The number of carbonyl (C=O) groups excluding carboxylic acids is 2. The van der Waals surface area contributed by atoms with Crippen molar-refractivity contribution < 1.29 is 23.8 Å². The van der Waals surface area contributed by atoms with Crippen molar-refractivity contribution in [3.63, 3.8) is 0 Å². The summed E-state index contributed by atoms with van der Waals surface area (Å²) in [6, 6.07) is 11.5. The number of nitrogens with two attached hydrogens (primary N) is 1. The molecule has 0 bridgehead atoms. The maximum absolute atomic E-state index is 12.4. The Morgan fingerprint density at radius 2 is 1.97 bits per heavy atom. The molecule has 8 nitrogen and oxygen atoms in total. The minimum absolute atomic E-state index is 0.0893. The van der Waals surface area contributed by atoms with Gasteiger partial charge in [-0.05, 0) is 49.9 Å². The lowest BCUT2D eigenvalue weighted by atomic mass is 10.0. The van der Waals surface area contributed by atoms with Gasteiger partial charge in [0, 0.05) is 38.9 Å². The van der Waals surface area contributed by atoms with Crippen molar-refractivity contribution >= 4 is 17.8 Å². The van der Waals surface area contributed by atoms with Gasteiger partial charge in [0.2, 0.25) is 5.91 Å². The SMILES string of the molecule is Fc1ccccc1.NC(=O)c1ccc(N2CCCC(N3CCC(CCCO)OC3=O)C2)nc1. The van der Waals surface area contributed by atoms with Gasteiger partial charge >= 0.3 is 6.09 Å². The van der Waals surface area contributed by atoms with Crippen LogP contribution in [0.2, 0.25) is 0 Å². The van der Waals surface area contributed by atoms with Crippen LogP contribution in [0.3, 0.4) is 0 Å². The number of amides is 2. The molecule has 9 heteroatoms. The molecule has 2 aliphatic heterocycles. The molecule has 3 N–H and O–H groups in total. The fraction of sp³-hybridized carbons (Fsp3) is 0.458. The van der Waals surface area contributed by atoms with Gasteiger partial charge in [0.15, 0.2) is 0 Å². The molecular formula is C24H31FN4O4. The molecular weight excluding hydrogens is 427 g/mol. The van der Waals surface area contributed by atoms with Crippen molar-refractivity contribution in [1.29, 1.82) is 0 Å². The predicted octanol–water partition coefficient (Wildman–Crippen LogP) is 2.96. The maximum Gasteiger partial charge on any atom is 0.410 e. The molecule has 2 aliphatic rings. The maximum atomic E-state index is 12.4. The van der Waals surface area contributed by atoms with E-state index in [1.54, 1.807) is 30.3 Å². The van der Waals surface area contributed by atoms with Crippen LogP contribution in [0.15, 0.2) is 48.7 Å². The second kappa shape index (κ2) is 12.2. The van der Waals surface area contributed by atoms with Gasteiger partial charge in [0.25, 0.3) is 0 Å². The summed E-state index contributed by atoms with van der Waals surface area (Å²) in [6.45, 7) is 2.36. The second-order valence-electron chi connectivity index (χ2n) is 8.16. The number of rotatable bonds is 6. The largest absolute Gasteiger partial charge is 0.446 e. The summed E-state index contributed by atoms with van der Waals surface area (Å²) in [5.74, 6) is 0.112. The minimum Gasteiger partial charge on any atom is -0.446 e. The lowest BCUT2D eigenvalue weighted by Gasteiger charge is -2.42. The summed E-state index contributed by atoms with van der Waals surface area (Å²) in [5, 5.41) is 8.92. The van der Waals surface area contributed by atoms with Gasteiger partial charge in [-0.2, -0.15) is 0 Å². The van der Waals surface area contributed by atoms with Gasteiger partial charge in [0.05, 0.1) is 11.6 Å². The molecule has 0 radical (unpaired) electrons. The predicted molar refractivity (Wildman–Crippen MR) is 122 cm³/mol. The Balaban J connectivity index is 0.000000374. The van der Waals surface area contributed by atoms with Crippen LogP contribution in [-0.2, 0) is 4.74 Å². The van der Waals surface area contributed by atoms with Crippen LogP contribution >= 0.6 is 0 Å². The van der Waals surface area contributed by atoms with Gasteiger partial charge in [-0.25, -0.2) is 14.2 Å². The van der Waals surface area contributed by atoms with E-state index in [1.165, 1.54) is 18.3 Å². The Morgan fingerprint density at radius 1 is 1.18 bits per heavy atom. The van der Waals surface area contributed by atoms with Crippen LogP contribution in [0.1, 0.15) is 42.5 Å². The number of ether oxygens (including phenoxy) is 1. The molecule has 0 spiro atoms. The topological polar surface area (TPSA) is 109 Å². The molecule has 33 heavy (non-hydrogen) atoms. The molecule has 1 aromatic heterocycles. The van der Waals surface area contributed by atoms with E-state index in [0.29, 0.717) is 31.5 Å². The molecule has 1 aromatic carbocycles. The van der Waals surface area contributed by atoms with E-state index < -0.39 is 5.91 Å². The van der Waals surface area contributed by atoms with Gasteiger partial charge in [-0.1, -0.05) is 18.2 Å². The number of piperidine rings is 1. The Morgan fingerprint density at radius 3 is 2.55 bits per heavy atom. The van der Waals surface area contributed by atoms with Crippen LogP contribution in [0.25, 0.3) is 0 Å². The summed E-state index contributed by atoms with van der Waals surface area (Å²) >= 11 is 0. The Labute approximate surface area is 193 Å². The number of aliphatic hydroxyl groups is 1. The lowest BCUT2D eigenvalue weighted by Crippen LogP contribution is -2.54. The quantitative estimate of drug-likeness (QED) is 0.689. The number of aromatic nitrogens is 1.